The number of nitrogens with two attached hydrogens (primary N) is 1. The molecular formula is C15H15ClN2O2. The van der Waals surface area contributed by atoms with E-state index in [0.717, 1.165) is 5.56 Å². The van der Waals surface area contributed by atoms with Crippen LogP contribution in [0.5, 0.6) is 5.75 Å². The second kappa shape index (κ2) is 6.30. The molecular weight excluding hydrogens is 276 g/mol. The van der Waals surface area contributed by atoms with Gasteiger partial charge >= 0.3 is 0 Å². The molecule has 3 N–H and O–H groups in total. The molecule has 0 saturated carbocycles. The van der Waals surface area contributed by atoms with E-state index in [-0.39, 0.29) is 12.5 Å². The standard InChI is InChI=1S/C15H15ClN2O2/c1-10-8-12(17)4-7-14(10)20-9-15(19)18-13-5-2-11(16)3-6-13/h2-8H,9,17H2,1H3,(H,18,19). The largest absolute Gasteiger partial charge is 0.483 e. The Hall–Kier alpha value is -2.20. The van der Waals surface area contributed by atoms with Gasteiger partial charge in [0.15, 0.2) is 6.61 Å². The fourth-order valence-corrected chi connectivity index (χ4v) is 1.83. The highest BCUT2D eigenvalue weighted by Gasteiger charge is 2.05. The maximum atomic E-state index is 11.8. The molecule has 0 atom stereocenters. The van der Waals surface area contributed by atoms with Crippen LogP contribution in [0.25, 0.3) is 0 Å². The normalized spacial score (nSPS) is 10.1. The van der Waals surface area contributed by atoms with Crippen molar-refractivity contribution in [1.82, 2.24) is 0 Å². The van der Waals surface area contributed by atoms with E-state index in [1.807, 2.05) is 6.92 Å². The quantitative estimate of drug-likeness (QED) is 0.850. The van der Waals surface area contributed by atoms with Crippen LogP contribution < -0.4 is 15.8 Å². The van der Waals surface area contributed by atoms with Crippen molar-refractivity contribution in [2.24, 2.45) is 0 Å². The SMILES string of the molecule is Cc1cc(N)ccc1OCC(=O)Nc1ccc(Cl)cc1. The molecule has 0 aromatic heterocycles. The van der Waals surface area contributed by atoms with Crippen LogP contribution in [0.15, 0.2) is 42.5 Å². The van der Waals surface area contributed by atoms with Crippen LogP contribution in [0.3, 0.4) is 0 Å². The van der Waals surface area contributed by atoms with Crippen LogP contribution in [0, 0.1) is 6.92 Å². The van der Waals surface area contributed by atoms with Crippen molar-refractivity contribution in [3.63, 3.8) is 0 Å². The number of benzene rings is 2. The molecule has 5 heteroatoms. The number of carbonyl (C=O) groups excluding carboxylic acids is 1. The predicted molar refractivity (Wildman–Crippen MR) is 81.2 cm³/mol. The smallest absolute Gasteiger partial charge is 0.262 e. The lowest BCUT2D eigenvalue weighted by atomic mass is 10.2. The third-order valence-electron chi connectivity index (χ3n) is 2.69. The van der Waals surface area contributed by atoms with Crippen molar-refractivity contribution in [3.8, 4) is 5.75 Å². The highest BCUT2D eigenvalue weighted by molar-refractivity contribution is 6.30. The van der Waals surface area contributed by atoms with E-state index < -0.39 is 0 Å². The summed E-state index contributed by atoms with van der Waals surface area (Å²) >= 11 is 5.77. The topological polar surface area (TPSA) is 64.3 Å². The Labute approximate surface area is 122 Å². The van der Waals surface area contributed by atoms with Gasteiger partial charge in [-0.05, 0) is 55.0 Å². The lowest BCUT2D eigenvalue weighted by molar-refractivity contribution is -0.118. The van der Waals surface area contributed by atoms with Crippen LogP contribution in [0.2, 0.25) is 5.02 Å². The van der Waals surface area contributed by atoms with Crippen LogP contribution in [-0.2, 0) is 4.79 Å². The fourth-order valence-electron chi connectivity index (χ4n) is 1.71. The van der Waals surface area contributed by atoms with Crippen molar-refractivity contribution in [3.05, 3.63) is 53.1 Å². The predicted octanol–water partition coefficient (Wildman–Crippen LogP) is 3.25. The number of aryl methyl sites for hydroxylation is 1. The molecule has 104 valence electrons. The zero-order chi connectivity index (χ0) is 14.5. The molecule has 0 unspecified atom stereocenters. The summed E-state index contributed by atoms with van der Waals surface area (Å²) in [6.45, 7) is 1.82. The molecule has 0 saturated heterocycles. The van der Waals surface area contributed by atoms with Crippen molar-refractivity contribution in [1.29, 1.82) is 0 Å². The van der Waals surface area contributed by atoms with Gasteiger partial charge in [-0.2, -0.15) is 0 Å². The van der Waals surface area contributed by atoms with E-state index in [2.05, 4.69) is 5.32 Å². The molecule has 0 spiro atoms. The van der Waals surface area contributed by atoms with Gasteiger partial charge in [0.25, 0.3) is 5.91 Å². The molecule has 0 heterocycles. The van der Waals surface area contributed by atoms with E-state index in [0.29, 0.717) is 22.1 Å². The van der Waals surface area contributed by atoms with Crippen molar-refractivity contribution < 1.29 is 9.53 Å². The van der Waals surface area contributed by atoms with Gasteiger partial charge in [0.05, 0.1) is 0 Å². The average molecular weight is 291 g/mol. The van der Waals surface area contributed by atoms with E-state index >= 15 is 0 Å². The number of hydrogen-bond acceptors (Lipinski definition) is 3. The Morgan fingerprint density at radius 1 is 1.25 bits per heavy atom. The number of nitrogens with one attached hydrogen (secondary N) is 1. The molecule has 20 heavy (non-hydrogen) atoms. The van der Waals surface area contributed by atoms with Gasteiger partial charge in [0.1, 0.15) is 5.75 Å². The van der Waals surface area contributed by atoms with E-state index in [1.54, 1.807) is 42.5 Å². The molecule has 0 aliphatic heterocycles. The van der Waals surface area contributed by atoms with Crippen molar-refractivity contribution >= 4 is 28.9 Å². The number of rotatable bonds is 4. The Morgan fingerprint density at radius 2 is 1.95 bits per heavy atom. The maximum Gasteiger partial charge on any atom is 0.262 e. The monoisotopic (exact) mass is 290 g/mol. The van der Waals surface area contributed by atoms with Gasteiger partial charge in [0, 0.05) is 16.4 Å². The second-order valence-corrected chi connectivity index (χ2v) is 4.81. The molecule has 0 aliphatic rings. The molecule has 0 aliphatic carbocycles. The minimum Gasteiger partial charge on any atom is -0.483 e. The number of amides is 1. The molecule has 0 radical (unpaired) electrons. The molecule has 0 fully saturated rings. The number of carbonyl (C=O) groups is 1. The lowest BCUT2D eigenvalue weighted by Crippen LogP contribution is -2.20. The minimum atomic E-state index is -0.233. The van der Waals surface area contributed by atoms with Gasteiger partial charge in [-0.1, -0.05) is 11.6 Å². The lowest BCUT2D eigenvalue weighted by Gasteiger charge is -2.10. The molecule has 2 aromatic carbocycles. The average Bonchev–Trinajstić information content (AvgIpc) is 2.40. The third-order valence-corrected chi connectivity index (χ3v) is 2.94. The van der Waals surface area contributed by atoms with Crippen molar-refractivity contribution in [2.75, 3.05) is 17.7 Å². The van der Waals surface area contributed by atoms with Gasteiger partial charge < -0.3 is 15.8 Å². The van der Waals surface area contributed by atoms with E-state index in [9.17, 15) is 4.79 Å². The fraction of sp³-hybridized carbons (Fsp3) is 0.133. The third kappa shape index (κ3) is 3.90. The van der Waals surface area contributed by atoms with Crippen LogP contribution in [0.4, 0.5) is 11.4 Å². The summed E-state index contributed by atoms with van der Waals surface area (Å²) in [7, 11) is 0. The van der Waals surface area contributed by atoms with Crippen LogP contribution >= 0.6 is 11.6 Å². The summed E-state index contributed by atoms with van der Waals surface area (Å²) < 4.78 is 5.46. The summed E-state index contributed by atoms with van der Waals surface area (Å²) in [5, 5.41) is 3.34. The van der Waals surface area contributed by atoms with Crippen molar-refractivity contribution in [2.45, 2.75) is 6.92 Å². The zero-order valence-electron chi connectivity index (χ0n) is 11.0. The summed E-state index contributed by atoms with van der Waals surface area (Å²) in [5.74, 6) is 0.411. The van der Waals surface area contributed by atoms with E-state index in [4.69, 9.17) is 22.1 Å². The zero-order valence-corrected chi connectivity index (χ0v) is 11.8. The number of anilines is 2. The highest BCUT2D eigenvalue weighted by Crippen LogP contribution is 2.20. The van der Waals surface area contributed by atoms with Crippen LogP contribution in [-0.4, -0.2) is 12.5 Å². The number of ether oxygens (including phenoxy) is 1. The molecule has 2 aromatic rings. The van der Waals surface area contributed by atoms with E-state index in [1.165, 1.54) is 0 Å². The Morgan fingerprint density at radius 3 is 2.60 bits per heavy atom. The maximum absolute atomic E-state index is 11.8. The second-order valence-electron chi connectivity index (χ2n) is 4.37. The van der Waals surface area contributed by atoms with Gasteiger partial charge in [-0.3, -0.25) is 4.79 Å². The van der Waals surface area contributed by atoms with Gasteiger partial charge in [-0.15, -0.1) is 0 Å². The Kier molecular flexibility index (Phi) is 4.48. The first-order valence-electron chi connectivity index (χ1n) is 6.09. The van der Waals surface area contributed by atoms with Gasteiger partial charge in [0.2, 0.25) is 0 Å². The summed E-state index contributed by atoms with van der Waals surface area (Å²) in [6.07, 6.45) is 0. The molecule has 4 nitrogen and oxygen atoms in total. The van der Waals surface area contributed by atoms with Crippen LogP contribution in [0.1, 0.15) is 5.56 Å². The summed E-state index contributed by atoms with van der Waals surface area (Å²) in [6, 6.07) is 12.2. The summed E-state index contributed by atoms with van der Waals surface area (Å²) in [4.78, 5) is 11.8. The highest BCUT2D eigenvalue weighted by atomic mass is 35.5. The first-order valence-corrected chi connectivity index (χ1v) is 6.47. The first kappa shape index (κ1) is 14.2. The molecule has 1 amide bonds. The first-order chi connectivity index (χ1) is 9.54. The number of hydrogen-bond donors (Lipinski definition) is 2. The Balaban J connectivity index is 1.90. The minimum absolute atomic E-state index is 0.0621. The number of nitrogen functional groups attached to an aromatic ring is 1. The Bertz CT molecular complexity index is 612. The van der Waals surface area contributed by atoms with Gasteiger partial charge in [-0.25, -0.2) is 0 Å². The molecule has 2 rings (SSSR count). The molecule has 0 bridgehead atoms. The number of halogens is 1. The summed E-state index contributed by atoms with van der Waals surface area (Å²) in [5.41, 5.74) is 7.89.